The van der Waals surface area contributed by atoms with Crippen LogP contribution in [0.25, 0.3) is 11.1 Å². The fourth-order valence-corrected chi connectivity index (χ4v) is 3.39. The average Bonchev–Trinajstić information content (AvgIpc) is 2.86. The summed E-state index contributed by atoms with van der Waals surface area (Å²) >= 11 is 0. The number of likely N-dealkylation sites (N-methyl/N-ethyl adjacent to an activating group) is 1. The normalized spacial score (nSPS) is 10.4. The standard InChI is InChI=1S/C27H26FNO6/c1-4-29(16-19-5-14-25(33-3)24(28)15-19)26(31)17-34-27(32)22-8-6-20(7-9-22)21-10-12-23(13-11-21)35-18(2)30/h5-15H,4,16-17H2,1-3H3. The van der Waals surface area contributed by atoms with Crippen LogP contribution in [0.1, 0.15) is 29.8 Å². The Labute approximate surface area is 203 Å². The molecule has 0 radical (unpaired) electrons. The minimum atomic E-state index is -0.623. The third kappa shape index (κ3) is 6.89. The molecule has 8 heteroatoms. The molecule has 7 nitrogen and oxygen atoms in total. The molecule has 35 heavy (non-hydrogen) atoms. The van der Waals surface area contributed by atoms with Crippen LogP contribution in [0.4, 0.5) is 4.39 Å². The van der Waals surface area contributed by atoms with Gasteiger partial charge in [0.1, 0.15) is 5.75 Å². The average molecular weight is 480 g/mol. The predicted molar refractivity (Wildman–Crippen MR) is 128 cm³/mol. The van der Waals surface area contributed by atoms with Gasteiger partial charge in [-0.25, -0.2) is 9.18 Å². The van der Waals surface area contributed by atoms with Crippen molar-refractivity contribution in [2.75, 3.05) is 20.3 Å². The van der Waals surface area contributed by atoms with Gasteiger partial charge in [-0.3, -0.25) is 9.59 Å². The maximum Gasteiger partial charge on any atom is 0.338 e. The van der Waals surface area contributed by atoms with E-state index in [-0.39, 0.29) is 18.2 Å². The second-order valence-corrected chi connectivity index (χ2v) is 7.65. The summed E-state index contributed by atoms with van der Waals surface area (Å²) in [5.74, 6) is -1.34. The Morgan fingerprint density at radius 1 is 0.914 bits per heavy atom. The predicted octanol–water partition coefficient (Wildman–Crippen LogP) is 4.63. The fourth-order valence-electron chi connectivity index (χ4n) is 3.39. The molecule has 0 unspecified atom stereocenters. The van der Waals surface area contributed by atoms with E-state index in [0.29, 0.717) is 23.4 Å². The van der Waals surface area contributed by atoms with E-state index in [1.54, 1.807) is 61.5 Å². The SMILES string of the molecule is CCN(Cc1ccc(OC)c(F)c1)C(=O)COC(=O)c1ccc(-c2ccc(OC(C)=O)cc2)cc1. The quantitative estimate of drug-likeness (QED) is 0.329. The number of hydrogen-bond donors (Lipinski definition) is 0. The van der Waals surface area contributed by atoms with Gasteiger partial charge < -0.3 is 19.1 Å². The first-order valence-electron chi connectivity index (χ1n) is 11.0. The first-order valence-corrected chi connectivity index (χ1v) is 11.0. The van der Waals surface area contributed by atoms with Gasteiger partial charge in [-0.2, -0.15) is 0 Å². The number of hydrogen-bond acceptors (Lipinski definition) is 6. The van der Waals surface area contributed by atoms with Gasteiger partial charge in [-0.05, 0) is 60.0 Å². The number of methoxy groups -OCH3 is 1. The molecule has 0 fully saturated rings. The molecule has 0 bridgehead atoms. The number of rotatable bonds is 9. The molecule has 182 valence electrons. The van der Waals surface area contributed by atoms with E-state index in [1.807, 2.05) is 0 Å². The van der Waals surface area contributed by atoms with Gasteiger partial charge in [0.15, 0.2) is 18.2 Å². The van der Waals surface area contributed by atoms with Crippen molar-refractivity contribution in [3.63, 3.8) is 0 Å². The number of carbonyl (C=O) groups excluding carboxylic acids is 3. The van der Waals surface area contributed by atoms with E-state index in [2.05, 4.69) is 0 Å². The van der Waals surface area contributed by atoms with E-state index in [4.69, 9.17) is 14.2 Å². The number of esters is 2. The van der Waals surface area contributed by atoms with Crippen LogP contribution in [0.2, 0.25) is 0 Å². The highest BCUT2D eigenvalue weighted by Gasteiger charge is 2.17. The third-order valence-electron chi connectivity index (χ3n) is 5.22. The van der Waals surface area contributed by atoms with Crippen LogP contribution < -0.4 is 9.47 Å². The summed E-state index contributed by atoms with van der Waals surface area (Å²) in [6, 6.07) is 18.2. The summed E-state index contributed by atoms with van der Waals surface area (Å²) in [4.78, 5) is 37.5. The van der Waals surface area contributed by atoms with E-state index in [1.165, 1.54) is 31.1 Å². The summed E-state index contributed by atoms with van der Waals surface area (Å²) in [6.07, 6.45) is 0. The van der Waals surface area contributed by atoms with Crippen molar-refractivity contribution in [2.45, 2.75) is 20.4 Å². The zero-order valence-electron chi connectivity index (χ0n) is 19.7. The monoisotopic (exact) mass is 479 g/mol. The van der Waals surface area contributed by atoms with Crippen molar-refractivity contribution < 1.29 is 33.0 Å². The van der Waals surface area contributed by atoms with Crippen LogP contribution in [0, 0.1) is 5.82 Å². The second-order valence-electron chi connectivity index (χ2n) is 7.65. The van der Waals surface area contributed by atoms with Crippen molar-refractivity contribution in [3.8, 4) is 22.6 Å². The van der Waals surface area contributed by atoms with Gasteiger partial charge in [0.05, 0.1) is 12.7 Å². The minimum Gasteiger partial charge on any atom is -0.494 e. The van der Waals surface area contributed by atoms with Gasteiger partial charge >= 0.3 is 11.9 Å². The van der Waals surface area contributed by atoms with Crippen LogP contribution in [0.3, 0.4) is 0 Å². The molecule has 3 rings (SSSR count). The molecule has 3 aromatic rings. The summed E-state index contributed by atoms with van der Waals surface area (Å²) < 4.78 is 29.1. The van der Waals surface area contributed by atoms with Crippen molar-refractivity contribution in [2.24, 2.45) is 0 Å². The summed E-state index contributed by atoms with van der Waals surface area (Å²) in [7, 11) is 1.38. The molecular weight excluding hydrogens is 453 g/mol. The maximum absolute atomic E-state index is 13.9. The lowest BCUT2D eigenvalue weighted by Crippen LogP contribution is -2.34. The molecule has 0 aromatic heterocycles. The first-order chi connectivity index (χ1) is 16.8. The number of halogens is 1. The zero-order valence-corrected chi connectivity index (χ0v) is 19.7. The largest absolute Gasteiger partial charge is 0.494 e. The number of carbonyl (C=O) groups is 3. The molecule has 1 amide bonds. The van der Waals surface area contributed by atoms with Crippen LogP contribution in [-0.4, -0.2) is 43.0 Å². The highest BCUT2D eigenvalue weighted by Crippen LogP contribution is 2.23. The van der Waals surface area contributed by atoms with Crippen LogP contribution in [-0.2, 0) is 20.9 Å². The van der Waals surface area contributed by atoms with Crippen molar-refractivity contribution in [1.82, 2.24) is 4.90 Å². The summed E-state index contributed by atoms with van der Waals surface area (Å²) in [5, 5.41) is 0. The molecule has 3 aromatic carbocycles. The molecule has 0 atom stereocenters. The summed E-state index contributed by atoms with van der Waals surface area (Å²) in [6.45, 7) is 3.25. The smallest absolute Gasteiger partial charge is 0.338 e. The number of benzene rings is 3. The van der Waals surface area contributed by atoms with Crippen molar-refractivity contribution >= 4 is 17.8 Å². The molecule has 0 aliphatic heterocycles. The molecule has 0 aliphatic carbocycles. The maximum atomic E-state index is 13.9. The Morgan fingerprint density at radius 3 is 2.09 bits per heavy atom. The Bertz CT molecular complexity index is 1190. The van der Waals surface area contributed by atoms with Gasteiger partial charge in [0.2, 0.25) is 0 Å². The third-order valence-corrected chi connectivity index (χ3v) is 5.22. The Morgan fingerprint density at radius 2 is 1.54 bits per heavy atom. The molecule has 0 N–H and O–H groups in total. The van der Waals surface area contributed by atoms with Gasteiger partial charge in [0.25, 0.3) is 5.91 Å². The van der Waals surface area contributed by atoms with Gasteiger partial charge in [0, 0.05) is 20.0 Å². The Balaban J connectivity index is 1.56. The van der Waals surface area contributed by atoms with Gasteiger partial charge in [-0.15, -0.1) is 0 Å². The molecule has 0 saturated heterocycles. The first kappa shape index (κ1) is 25.4. The number of ether oxygens (including phenoxy) is 3. The topological polar surface area (TPSA) is 82.1 Å². The van der Waals surface area contributed by atoms with Crippen LogP contribution >= 0.6 is 0 Å². The highest BCUT2D eigenvalue weighted by molar-refractivity contribution is 5.92. The highest BCUT2D eigenvalue weighted by atomic mass is 19.1. The summed E-state index contributed by atoms with van der Waals surface area (Å²) in [5.41, 5.74) is 2.64. The van der Waals surface area contributed by atoms with Crippen molar-refractivity contribution in [3.05, 3.63) is 83.7 Å². The minimum absolute atomic E-state index is 0.127. The molecule has 0 saturated carbocycles. The molecule has 0 spiro atoms. The van der Waals surface area contributed by atoms with E-state index in [9.17, 15) is 18.8 Å². The Kier molecular flexibility index (Phi) is 8.56. The fraction of sp³-hybridized carbons (Fsp3) is 0.222. The molecular formula is C27H26FNO6. The Hall–Kier alpha value is -4.20. The van der Waals surface area contributed by atoms with Crippen LogP contribution in [0.5, 0.6) is 11.5 Å². The lowest BCUT2D eigenvalue weighted by molar-refractivity contribution is -0.135. The zero-order chi connectivity index (χ0) is 25.4. The van der Waals surface area contributed by atoms with Crippen molar-refractivity contribution in [1.29, 1.82) is 0 Å². The van der Waals surface area contributed by atoms with E-state index in [0.717, 1.165) is 11.1 Å². The second kappa shape index (κ2) is 11.8. The number of nitrogens with zero attached hydrogens (tertiary/aromatic N) is 1. The van der Waals surface area contributed by atoms with Crippen LogP contribution in [0.15, 0.2) is 66.7 Å². The van der Waals surface area contributed by atoms with E-state index < -0.39 is 24.4 Å². The molecule has 0 aliphatic rings. The molecule has 0 heterocycles. The lowest BCUT2D eigenvalue weighted by Gasteiger charge is -2.21. The number of amides is 1. The van der Waals surface area contributed by atoms with Gasteiger partial charge in [-0.1, -0.05) is 30.3 Å². The van der Waals surface area contributed by atoms with E-state index >= 15 is 0 Å². The lowest BCUT2D eigenvalue weighted by atomic mass is 10.0.